The lowest BCUT2D eigenvalue weighted by atomic mass is 10.1. The topological polar surface area (TPSA) is 74.7 Å². The molecule has 18 heavy (non-hydrogen) atoms. The summed E-state index contributed by atoms with van der Waals surface area (Å²) in [5.41, 5.74) is 1.09. The van der Waals surface area contributed by atoms with Crippen LogP contribution in [0.4, 0.5) is 5.69 Å². The Bertz CT molecular complexity index is 594. The maximum atomic E-state index is 12.0. The standard InChI is InChI=1S/C12H15NO4S/c1-8-3-4-11(10(5-8)12(14)15)13-6-9(2)7-18(13,16)17/h3-5,9H,6-7H2,1-2H3,(H,14,15). The number of hydrogen-bond donors (Lipinski definition) is 1. The van der Waals surface area contributed by atoms with Gasteiger partial charge in [-0.15, -0.1) is 0 Å². The smallest absolute Gasteiger partial charge is 0.337 e. The van der Waals surface area contributed by atoms with Crippen LogP contribution in [0.1, 0.15) is 22.8 Å². The molecule has 0 radical (unpaired) electrons. The third kappa shape index (κ3) is 2.20. The van der Waals surface area contributed by atoms with Gasteiger partial charge < -0.3 is 5.11 Å². The van der Waals surface area contributed by atoms with Crippen LogP contribution in [0.3, 0.4) is 0 Å². The number of rotatable bonds is 2. The van der Waals surface area contributed by atoms with Gasteiger partial charge in [0.05, 0.1) is 17.0 Å². The average Bonchev–Trinajstić information content (AvgIpc) is 2.51. The molecular weight excluding hydrogens is 254 g/mol. The van der Waals surface area contributed by atoms with Gasteiger partial charge in [-0.1, -0.05) is 18.6 Å². The Morgan fingerprint density at radius 2 is 2.11 bits per heavy atom. The largest absolute Gasteiger partial charge is 0.478 e. The van der Waals surface area contributed by atoms with Crippen LogP contribution in [0.5, 0.6) is 0 Å². The highest BCUT2D eigenvalue weighted by molar-refractivity contribution is 7.93. The van der Waals surface area contributed by atoms with Crippen molar-refractivity contribution in [1.29, 1.82) is 0 Å². The second-order valence-corrected chi connectivity index (χ2v) is 6.68. The van der Waals surface area contributed by atoms with E-state index in [1.54, 1.807) is 19.1 Å². The molecule has 1 aromatic carbocycles. The minimum atomic E-state index is -3.39. The van der Waals surface area contributed by atoms with Gasteiger partial charge in [-0.25, -0.2) is 13.2 Å². The number of anilines is 1. The molecule has 98 valence electrons. The SMILES string of the molecule is Cc1ccc(N2CC(C)CS2(=O)=O)c(C(=O)O)c1. The van der Waals surface area contributed by atoms with E-state index >= 15 is 0 Å². The second-order valence-electron chi connectivity index (χ2n) is 4.74. The molecule has 0 amide bonds. The third-order valence-corrected chi connectivity index (χ3v) is 4.97. The Hall–Kier alpha value is -1.56. The lowest BCUT2D eigenvalue weighted by molar-refractivity contribution is 0.0697. The van der Waals surface area contributed by atoms with Gasteiger partial charge in [0.15, 0.2) is 0 Å². The van der Waals surface area contributed by atoms with Crippen LogP contribution in [0.25, 0.3) is 0 Å². The van der Waals surface area contributed by atoms with Crippen molar-refractivity contribution in [1.82, 2.24) is 0 Å². The number of carboxylic acid groups (broad SMARTS) is 1. The van der Waals surface area contributed by atoms with Gasteiger partial charge in [0, 0.05) is 6.54 Å². The van der Waals surface area contributed by atoms with Gasteiger partial charge in [0.25, 0.3) is 0 Å². The number of sulfonamides is 1. The van der Waals surface area contributed by atoms with Crippen molar-refractivity contribution in [3.63, 3.8) is 0 Å². The summed E-state index contributed by atoms with van der Waals surface area (Å²) in [7, 11) is -3.39. The van der Waals surface area contributed by atoms with E-state index in [1.807, 2.05) is 6.92 Å². The second kappa shape index (κ2) is 4.28. The predicted octanol–water partition coefficient (Wildman–Crippen LogP) is 1.48. The highest BCUT2D eigenvalue weighted by Gasteiger charge is 2.35. The van der Waals surface area contributed by atoms with E-state index in [0.717, 1.165) is 5.56 Å². The highest BCUT2D eigenvalue weighted by atomic mass is 32.2. The van der Waals surface area contributed by atoms with Crippen LogP contribution in [0, 0.1) is 12.8 Å². The van der Waals surface area contributed by atoms with Gasteiger partial charge in [0.1, 0.15) is 0 Å². The first-order chi connectivity index (χ1) is 8.31. The number of aromatic carboxylic acids is 1. The molecule has 1 unspecified atom stereocenters. The monoisotopic (exact) mass is 269 g/mol. The number of nitrogens with zero attached hydrogens (tertiary/aromatic N) is 1. The molecule has 0 bridgehead atoms. The van der Waals surface area contributed by atoms with E-state index in [1.165, 1.54) is 10.4 Å². The van der Waals surface area contributed by atoms with Crippen LogP contribution in [0.15, 0.2) is 18.2 Å². The van der Waals surface area contributed by atoms with E-state index in [2.05, 4.69) is 0 Å². The minimum absolute atomic E-state index is 0.0120. The van der Waals surface area contributed by atoms with Crippen molar-refractivity contribution in [3.05, 3.63) is 29.3 Å². The number of carbonyl (C=O) groups is 1. The van der Waals surface area contributed by atoms with Gasteiger partial charge >= 0.3 is 5.97 Å². The molecule has 5 nitrogen and oxygen atoms in total. The molecule has 1 aliphatic heterocycles. The quantitative estimate of drug-likeness (QED) is 0.882. The summed E-state index contributed by atoms with van der Waals surface area (Å²) in [6.07, 6.45) is 0. The highest BCUT2D eigenvalue weighted by Crippen LogP contribution is 2.30. The molecule has 1 atom stereocenters. The van der Waals surface area contributed by atoms with Gasteiger partial charge in [0.2, 0.25) is 10.0 Å². The van der Waals surface area contributed by atoms with Gasteiger partial charge in [-0.3, -0.25) is 4.31 Å². The van der Waals surface area contributed by atoms with Crippen molar-refractivity contribution < 1.29 is 18.3 Å². The fourth-order valence-electron chi connectivity index (χ4n) is 2.19. The van der Waals surface area contributed by atoms with Crippen LogP contribution in [-0.2, 0) is 10.0 Å². The normalized spacial score (nSPS) is 22.1. The average molecular weight is 269 g/mol. The Labute approximate surface area is 106 Å². The lowest BCUT2D eigenvalue weighted by Gasteiger charge is -2.19. The molecule has 1 aromatic rings. The zero-order valence-electron chi connectivity index (χ0n) is 10.3. The van der Waals surface area contributed by atoms with Crippen molar-refractivity contribution in [2.24, 2.45) is 5.92 Å². The van der Waals surface area contributed by atoms with E-state index in [0.29, 0.717) is 6.54 Å². The molecule has 2 rings (SSSR count). The number of hydrogen-bond acceptors (Lipinski definition) is 3. The molecule has 0 aromatic heterocycles. The molecule has 0 spiro atoms. The van der Waals surface area contributed by atoms with Gasteiger partial charge in [-0.05, 0) is 25.0 Å². The fraction of sp³-hybridized carbons (Fsp3) is 0.417. The maximum Gasteiger partial charge on any atom is 0.337 e. The molecule has 1 aliphatic rings. The summed E-state index contributed by atoms with van der Waals surface area (Å²) in [5, 5.41) is 9.17. The van der Waals surface area contributed by atoms with Crippen LogP contribution >= 0.6 is 0 Å². The molecule has 1 N–H and O–H groups in total. The van der Waals surface area contributed by atoms with Crippen LogP contribution in [0.2, 0.25) is 0 Å². The molecule has 1 heterocycles. The summed E-state index contributed by atoms with van der Waals surface area (Å²) < 4.78 is 25.1. The molecule has 0 aliphatic carbocycles. The molecule has 1 saturated heterocycles. The Morgan fingerprint density at radius 1 is 1.44 bits per heavy atom. The van der Waals surface area contributed by atoms with E-state index < -0.39 is 16.0 Å². The van der Waals surface area contributed by atoms with E-state index in [9.17, 15) is 13.2 Å². The number of benzene rings is 1. The van der Waals surface area contributed by atoms with E-state index in [-0.39, 0.29) is 22.9 Å². The predicted molar refractivity (Wildman–Crippen MR) is 68.4 cm³/mol. The molecule has 6 heteroatoms. The van der Waals surface area contributed by atoms with Crippen molar-refractivity contribution >= 4 is 21.7 Å². The van der Waals surface area contributed by atoms with Crippen molar-refractivity contribution in [2.75, 3.05) is 16.6 Å². The molecule has 0 saturated carbocycles. The zero-order valence-corrected chi connectivity index (χ0v) is 11.1. The first-order valence-electron chi connectivity index (χ1n) is 5.65. The Kier molecular flexibility index (Phi) is 3.06. The van der Waals surface area contributed by atoms with Crippen molar-refractivity contribution in [2.45, 2.75) is 13.8 Å². The zero-order chi connectivity index (χ0) is 13.5. The lowest BCUT2D eigenvalue weighted by Crippen LogP contribution is -2.27. The summed E-state index contributed by atoms with van der Waals surface area (Å²) in [6, 6.07) is 4.78. The Morgan fingerprint density at radius 3 is 2.61 bits per heavy atom. The van der Waals surface area contributed by atoms with E-state index in [4.69, 9.17) is 5.11 Å². The first-order valence-corrected chi connectivity index (χ1v) is 7.26. The summed E-state index contributed by atoms with van der Waals surface area (Å²) in [6.45, 7) is 3.95. The summed E-state index contributed by atoms with van der Waals surface area (Å²) in [5.74, 6) is -1.03. The van der Waals surface area contributed by atoms with Crippen LogP contribution < -0.4 is 4.31 Å². The van der Waals surface area contributed by atoms with Crippen molar-refractivity contribution in [3.8, 4) is 0 Å². The summed E-state index contributed by atoms with van der Waals surface area (Å²) in [4.78, 5) is 11.2. The van der Waals surface area contributed by atoms with Gasteiger partial charge in [-0.2, -0.15) is 0 Å². The number of carboxylic acids is 1. The minimum Gasteiger partial charge on any atom is -0.478 e. The van der Waals surface area contributed by atoms with Crippen LogP contribution in [-0.4, -0.2) is 31.8 Å². The molecule has 1 fully saturated rings. The third-order valence-electron chi connectivity index (χ3n) is 2.96. The number of aryl methyl sites for hydroxylation is 1. The maximum absolute atomic E-state index is 12.0. The fourth-order valence-corrected chi connectivity index (χ4v) is 4.13. The summed E-state index contributed by atoms with van der Waals surface area (Å²) >= 11 is 0. The first kappa shape index (κ1) is 12.9. The Balaban J connectivity index is 2.55. The molecular formula is C12H15NO4S.